The van der Waals surface area contributed by atoms with E-state index in [0.29, 0.717) is 18.7 Å². The summed E-state index contributed by atoms with van der Waals surface area (Å²) in [6.07, 6.45) is 8.20. The molecule has 0 saturated heterocycles. The van der Waals surface area contributed by atoms with E-state index < -0.39 is 0 Å². The van der Waals surface area contributed by atoms with Crippen LogP contribution in [0.15, 0.2) is 24.3 Å². The quantitative estimate of drug-likeness (QED) is 0.532. The van der Waals surface area contributed by atoms with Gasteiger partial charge in [-0.1, -0.05) is 19.1 Å². The van der Waals surface area contributed by atoms with Crippen molar-refractivity contribution in [2.24, 2.45) is 5.92 Å². The lowest BCUT2D eigenvalue weighted by Gasteiger charge is -2.40. The van der Waals surface area contributed by atoms with Crippen LogP contribution in [-0.2, 0) is 4.84 Å². The highest BCUT2D eigenvalue weighted by molar-refractivity contribution is 5.24. The predicted octanol–water partition coefficient (Wildman–Crippen LogP) is 2.46. The molecule has 3 nitrogen and oxygen atoms in total. The minimum atomic E-state index is 0.408. The van der Waals surface area contributed by atoms with E-state index in [1.54, 1.807) is 11.6 Å². The number of hydrogen-bond acceptors (Lipinski definition) is 3. The fraction of sp³-hybridized carbons (Fsp3) is 0.733. The summed E-state index contributed by atoms with van der Waals surface area (Å²) in [4.78, 5) is 8.14. The summed E-state index contributed by atoms with van der Waals surface area (Å²) in [5.74, 6) is 0.813. The molecule has 0 spiro atoms. The molecule has 0 bridgehead atoms. The van der Waals surface area contributed by atoms with Gasteiger partial charge in [0.05, 0.1) is 12.6 Å². The third-order valence-corrected chi connectivity index (χ3v) is 4.10. The number of nitrogens with zero attached hydrogens (tertiary/aromatic N) is 2. The molecule has 0 radical (unpaired) electrons. The molecule has 3 heteroatoms. The molecule has 2 rings (SSSR count). The van der Waals surface area contributed by atoms with E-state index in [9.17, 15) is 0 Å². The lowest BCUT2D eigenvalue weighted by Crippen LogP contribution is -2.49. The van der Waals surface area contributed by atoms with Gasteiger partial charge < -0.3 is 0 Å². The highest BCUT2D eigenvalue weighted by Gasteiger charge is 2.37. The average Bonchev–Trinajstić information content (AvgIpc) is 3.19. The van der Waals surface area contributed by atoms with Crippen molar-refractivity contribution in [1.29, 1.82) is 0 Å². The molecule has 2 aliphatic rings. The van der Waals surface area contributed by atoms with Gasteiger partial charge in [0.15, 0.2) is 0 Å². The zero-order valence-electron chi connectivity index (χ0n) is 11.9. The van der Waals surface area contributed by atoms with Gasteiger partial charge in [-0.05, 0) is 37.8 Å². The minimum Gasteiger partial charge on any atom is -0.298 e. The second kappa shape index (κ2) is 6.00. The van der Waals surface area contributed by atoms with Crippen LogP contribution in [0, 0.1) is 5.92 Å². The first-order valence-corrected chi connectivity index (χ1v) is 7.05. The first kappa shape index (κ1) is 13.8. The zero-order valence-corrected chi connectivity index (χ0v) is 11.9. The van der Waals surface area contributed by atoms with Gasteiger partial charge in [-0.2, -0.15) is 5.06 Å². The highest BCUT2D eigenvalue weighted by Crippen LogP contribution is 2.41. The SMILES string of the molecule is C=CCON(C)[C@H]1CN(C)[C@H](CC)C=C1C1CC1. The Kier molecular flexibility index (Phi) is 4.60. The van der Waals surface area contributed by atoms with Crippen LogP contribution >= 0.6 is 0 Å². The Balaban J connectivity index is 2.09. The summed E-state index contributed by atoms with van der Waals surface area (Å²) in [6.45, 7) is 7.63. The second-order valence-corrected chi connectivity index (χ2v) is 5.50. The Bertz CT molecular complexity index is 322. The zero-order chi connectivity index (χ0) is 13.1. The van der Waals surface area contributed by atoms with Gasteiger partial charge in [-0.25, -0.2) is 0 Å². The van der Waals surface area contributed by atoms with Crippen molar-refractivity contribution in [3.05, 3.63) is 24.3 Å². The molecule has 18 heavy (non-hydrogen) atoms. The van der Waals surface area contributed by atoms with Crippen LogP contribution in [0.25, 0.3) is 0 Å². The first-order valence-electron chi connectivity index (χ1n) is 7.05. The average molecular weight is 250 g/mol. The van der Waals surface area contributed by atoms with E-state index in [2.05, 4.69) is 31.5 Å². The predicted molar refractivity (Wildman–Crippen MR) is 75.2 cm³/mol. The van der Waals surface area contributed by atoms with Crippen molar-refractivity contribution in [3.63, 3.8) is 0 Å². The van der Waals surface area contributed by atoms with Gasteiger partial charge in [0, 0.05) is 19.6 Å². The molecule has 2 atom stereocenters. The molecule has 0 aromatic rings. The van der Waals surface area contributed by atoms with Gasteiger partial charge in [0.1, 0.15) is 0 Å². The maximum atomic E-state index is 5.70. The highest BCUT2D eigenvalue weighted by atomic mass is 16.7. The Labute approximate surface area is 111 Å². The number of hydrogen-bond donors (Lipinski definition) is 0. The molecule has 1 heterocycles. The van der Waals surface area contributed by atoms with Crippen LogP contribution in [0.5, 0.6) is 0 Å². The van der Waals surface area contributed by atoms with Crippen molar-refractivity contribution < 1.29 is 4.84 Å². The number of hydroxylamine groups is 2. The molecule has 0 aromatic heterocycles. The smallest absolute Gasteiger partial charge is 0.0864 e. The minimum absolute atomic E-state index is 0.408. The monoisotopic (exact) mass is 250 g/mol. The van der Waals surface area contributed by atoms with Gasteiger partial charge in [0.2, 0.25) is 0 Å². The maximum absolute atomic E-state index is 5.70. The molecule has 0 amide bonds. The fourth-order valence-electron chi connectivity index (χ4n) is 2.81. The van der Waals surface area contributed by atoms with Crippen LogP contribution in [0.1, 0.15) is 26.2 Å². The van der Waals surface area contributed by atoms with Gasteiger partial charge in [0.25, 0.3) is 0 Å². The Morgan fingerprint density at radius 2 is 2.28 bits per heavy atom. The Morgan fingerprint density at radius 3 is 2.83 bits per heavy atom. The summed E-state index contributed by atoms with van der Waals surface area (Å²) in [5, 5.41) is 2.02. The number of rotatable bonds is 6. The Morgan fingerprint density at radius 1 is 1.56 bits per heavy atom. The van der Waals surface area contributed by atoms with Gasteiger partial charge in [-0.15, -0.1) is 6.58 Å². The first-order chi connectivity index (χ1) is 8.67. The fourth-order valence-corrected chi connectivity index (χ4v) is 2.81. The van der Waals surface area contributed by atoms with E-state index in [1.165, 1.54) is 19.3 Å². The van der Waals surface area contributed by atoms with Crippen LogP contribution in [0.2, 0.25) is 0 Å². The van der Waals surface area contributed by atoms with E-state index in [4.69, 9.17) is 4.84 Å². The van der Waals surface area contributed by atoms with Crippen LogP contribution < -0.4 is 0 Å². The topological polar surface area (TPSA) is 15.7 Å². The molecule has 0 aromatic carbocycles. The lowest BCUT2D eigenvalue weighted by molar-refractivity contribution is -0.155. The maximum Gasteiger partial charge on any atom is 0.0864 e. The third kappa shape index (κ3) is 3.02. The summed E-state index contributed by atoms with van der Waals surface area (Å²) in [6, 6.07) is 1.01. The molecule has 1 aliphatic heterocycles. The standard InChI is InChI=1S/C15H26N2O/c1-5-9-18-17(4)15-11-16(3)13(6-2)10-14(15)12-7-8-12/h5,10,12-13,15H,1,6-9,11H2,2-4H3/t13-,15+/m1/s1. The van der Waals surface area contributed by atoms with Gasteiger partial charge in [-0.3, -0.25) is 9.74 Å². The summed E-state index contributed by atoms with van der Waals surface area (Å²) in [5.41, 5.74) is 1.60. The van der Waals surface area contributed by atoms with Crippen LogP contribution in [0.3, 0.4) is 0 Å². The van der Waals surface area contributed by atoms with Crippen LogP contribution in [-0.4, -0.2) is 49.3 Å². The van der Waals surface area contributed by atoms with E-state index in [0.717, 1.165) is 12.5 Å². The lowest BCUT2D eigenvalue weighted by atomic mass is 9.93. The largest absolute Gasteiger partial charge is 0.298 e. The second-order valence-electron chi connectivity index (χ2n) is 5.50. The third-order valence-electron chi connectivity index (χ3n) is 4.10. The van der Waals surface area contributed by atoms with Crippen LogP contribution in [0.4, 0.5) is 0 Å². The van der Waals surface area contributed by atoms with E-state index in [1.807, 2.05) is 12.1 Å². The molecule has 0 unspecified atom stereocenters. The molecule has 1 aliphatic carbocycles. The van der Waals surface area contributed by atoms with Crippen molar-refractivity contribution in [2.75, 3.05) is 27.2 Å². The molecular weight excluding hydrogens is 224 g/mol. The van der Waals surface area contributed by atoms with Crippen molar-refractivity contribution >= 4 is 0 Å². The van der Waals surface area contributed by atoms with Crippen molar-refractivity contribution in [3.8, 4) is 0 Å². The van der Waals surface area contributed by atoms with Gasteiger partial charge >= 0.3 is 0 Å². The molecule has 1 fully saturated rings. The molecular formula is C15H26N2O. The summed E-state index contributed by atoms with van der Waals surface area (Å²) < 4.78 is 0. The summed E-state index contributed by atoms with van der Waals surface area (Å²) in [7, 11) is 4.26. The number of likely N-dealkylation sites (N-methyl/N-ethyl adjacent to an activating group) is 2. The van der Waals surface area contributed by atoms with Crippen molar-refractivity contribution in [2.45, 2.75) is 38.3 Å². The Hall–Kier alpha value is -0.640. The van der Waals surface area contributed by atoms with E-state index in [-0.39, 0.29) is 0 Å². The normalized spacial score (nSPS) is 29.4. The van der Waals surface area contributed by atoms with Crippen molar-refractivity contribution in [1.82, 2.24) is 9.96 Å². The molecule has 102 valence electrons. The molecule has 0 N–H and O–H groups in total. The summed E-state index contributed by atoms with van der Waals surface area (Å²) >= 11 is 0. The molecule has 1 saturated carbocycles. The van der Waals surface area contributed by atoms with E-state index >= 15 is 0 Å².